The third-order valence-electron chi connectivity index (χ3n) is 3.03. The van der Waals surface area contributed by atoms with Crippen LogP contribution in [0.2, 0.25) is 0 Å². The van der Waals surface area contributed by atoms with Crippen molar-refractivity contribution in [3.05, 3.63) is 0 Å². The highest BCUT2D eigenvalue weighted by molar-refractivity contribution is 4.81. The quantitative estimate of drug-likeness (QED) is 0.614. The summed E-state index contributed by atoms with van der Waals surface area (Å²) in [5.41, 5.74) is 0. The molecule has 1 aliphatic rings. The minimum atomic E-state index is 0.734. The molecule has 0 amide bonds. The summed E-state index contributed by atoms with van der Waals surface area (Å²) in [6.45, 7) is 10.7. The summed E-state index contributed by atoms with van der Waals surface area (Å²) in [5.74, 6) is 0.827. The van der Waals surface area contributed by atoms with E-state index >= 15 is 0 Å². The molecule has 1 aliphatic heterocycles. The molecular weight excluding hydrogens is 146 g/mol. The number of rotatable bonds is 2. The highest BCUT2D eigenvalue weighted by Gasteiger charge is 2.26. The third-order valence-corrected chi connectivity index (χ3v) is 3.03. The van der Waals surface area contributed by atoms with Gasteiger partial charge in [0.1, 0.15) is 0 Å². The first-order valence-corrected chi connectivity index (χ1v) is 5.38. The van der Waals surface area contributed by atoms with Gasteiger partial charge in [-0.15, -0.1) is 0 Å². The molecule has 0 aromatic heterocycles. The van der Waals surface area contributed by atoms with Gasteiger partial charge in [0.2, 0.25) is 0 Å². The van der Waals surface area contributed by atoms with Crippen LogP contribution in [0.4, 0.5) is 0 Å². The number of hydrogen-bond acceptors (Lipinski definition) is 1. The molecule has 0 saturated carbocycles. The van der Waals surface area contributed by atoms with Gasteiger partial charge >= 0.3 is 0 Å². The SMILES string of the molecule is CC(C)C1CCCCN1C(C)C. The lowest BCUT2D eigenvalue weighted by molar-refractivity contribution is 0.0808. The summed E-state index contributed by atoms with van der Waals surface area (Å²) in [6, 6.07) is 1.58. The molecule has 1 atom stereocenters. The van der Waals surface area contributed by atoms with E-state index in [0.29, 0.717) is 0 Å². The zero-order valence-electron chi connectivity index (χ0n) is 9.01. The van der Waals surface area contributed by atoms with Gasteiger partial charge in [0, 0.05) is 12.1 Å². The lowest BCUT2D eigenvalue weighted by Crippen LogP contribution is -2.46. The van der Waals surface area contributed by atoms with Crippen molar-refractivity contribution in [2.45, 2.75) is 59.0 Å². The molecule has 0 aromatic rings. The van der Waals surface area contributed by atoms with E-state index in [1.54, 1.807) is 0 Å². The van der Waals surface area contributed by atoms with Gasteiger partial charge in [-0.2, -0.15) is 0 Å². The van der Waals surface area contributed by atoms with E-state index < -0.39 is 0 Å². The topological polar surface area (TPSA) is 3.24 Å². The molecule has 1 rings (SSSR count). The highest BCUT2D eigenvalue weighted by Crippen LogP contribution is 2.24. The molecule has 0 N–H and O–H groups in total. The average molecular weight is 169 g/mol. The molecule has 1 heteroatoms. The second kappa shape index (κ2) is 4.27. The molecule has 12 heavy (non-hydrogen) atoms. The monoisotopic (exact) mass is 169 g/mol. The van der Waals surface area contributed by atoms with Crippen molar-refractivity contribution in [1.29, 1.82) is 0 Å². The molecule has 1 heterocycles. The van der Waals surface area contributed by atoms with Crippen molar-refractivity contribution in [3.8, 4) is 0 Å². The number of piperidine rings is 1. The van der Waals surface area contributed by atoms with E-state index in [-0.39, 0.29) is 0 Å². The third kappa shape index (κ3) is 2.22. The van der Waals surface area contributed by atoms with E-state index in [1.165, 1.54) is 25.8 Å². The largest absolute Gasteiger partial charge is 0.298 e. The minimum absolute atomic E-state index is 0.734. The Kier molecular flexibility index (Phi) is 3.57. The van der Waals surface area contributed by atoms with Gasteiger partial charge in [0.25, 0.3) is 0 Å². The van der Waals surface area contributed by atoms with Crippen LogP contribution in [0.5, 0.6) is 0 Å². The Morgan fingerprint density at radius 3 is 2.17 bits per heavy atom. The summed E-state index contributed by atoms with van der Waals surface area (Å²) >= 11 is 0. The van der Waals surface area contributed by atoms with Crippen molar-refractivity contribution in [2.24, 2.45) is 5.92 Å². The second-order valence-corrected chi connectivity index (χ2v) is 4.64. The summed E-state index contributed by atoms with van der Waals surface area (Å²) in [4.78, 5) is 2.67. The first-order valence-electron chi connectivity index (χ1n) is 5.38. The molecule has 1 saturated heterocycles. The molecule has 0 bridgehead atoms. The summed E-state index contributed by atoms with van der Waals surface area (Å²) in [6.07, 6.45) is 4.25. The Morgan fingerprint density at radius 1 is 1.08 bits per heavy atom. The zero-order chi connectivity index (χ0) is 9.14. The fourth-order valence-electron chi connectivity index (χ4n) is 2.34. The molecule has 72 valence electrons. The molecule has 1 fully saturated rings. The number of nitrogens with zero attached hydrogens (tertiary/aromatic N) is 1. The molecule has 1 nitrogen and oxygen atoms in total. The van der Waals surface area contributed by atoms with E-state index in [2.05, 4.69) is 32.6 Å². The molecule has 0 aromatic carbocycles. The van der Waals surface area contributed by atoms with Crippen molar-refractivity contribution in [1.82, 2.24) is 4.90 Å². The summed E-state index contributed by atoms with van der Waals surface area (Å²) < 4.78 is 0. The highest BCUT2D eigenvalue weighted by atomic mass is 15.2. The van der Waals surface area contributed by atoms with Crippen LogP contribution in [-0.2, 0) is 0 Å². The van der Waals surface area contributed by atoms with Crippen LogP contribution in [0.25, 0.3) is 0 Å². The minimum Gasteiger partial charge on any atom is -0.298 e. The summed E-state index contributed by atoms with van der Waals surface area (Å²) in [5, 5.41) is 0. The lowest BCUT2D eigenvalue weighted by Gasteiger charge is -2.40. The Balaban J connectivity index is 2.54. The van der Waals surface area contributed by atoms with Crippen molar-refractivity contribution in [2.75, 3.05) is 6.54 Å². The molecular formula is C11H23N. The van der Waals surface area contributed by atoms with Crippen molar-refractivity contribution < 1.29 is 0 Å². The standard InChI is InChI=1S/C11H23N/c1-9(2)11-7-5-6-8-12(11)10(3)4/h9-11H,5-8H2,1-4H3. The van der Waals surface area contributed by atoms with Gasteiger partial charge in [0.15, 0.2) is 0 Å². The molecule has 1 unspecified atom stereocenters. The molecule has 0 spiro atoms. The predicted octanol–water partition coefficient (Wildman–Crippen LogP) is 2.91. The van der Waals surface area contributed by atoms with E-state index in [4.69, 9.17) is 0 Å². The smallest absolute Gasteiger partial charge is 0.0121 e. The maximum atomic E-state index is 2.67. The van der Waals surface area contributed by atoms with Crippen LogP contribution >= 0.6 is 0 Å². The van der Waals surface area contributed by atoms with E-state index in [9.17, 15) is 0 Å². The first kappa shape index (κ1) is 10.0. The van der Waals surface area contributed by atoms with Gasteiger partial charge in [-0.3, -0.25) is 4.90 Å². The van der Waals surface area contributed by atoms with Gasteiger partial charge in [-0.25, -0.2) is 0 Å². The zero-order valence-corrected chi connectivity index (χ0v) is 9.01. The maximum Gasteiger partial charge on any atom is 0.0121 e. The number of hydrogen-bond donors (Lipinski definition) is 0. The molecule has 0 aliphatic carbocycles. The maximum absolute atomic E-state index is 2.67. The fraction of sp³-hybridized carbons (Fsp3) is 1.00. The Morgan fingerprint density at radius 2 is 1.75 bits per heavy atom. The van der Waals surface area contributed by atoms with Crippen molar-refractivity contribution in [3.63, 3.8) is 0 Å². The second-order valence-electron chi connectivity index (χ2n) is 4.64. The summed E-state index contributed by atoms with van der Waals surface area (Å²) in [7, 11) is 0. The van der Waals surface area contributed by atoms with Crippen LogP contribution in [-0.4, -0.2) is 23.5 Å². The first-order chi connectivity index (χ1) is 5.63. The van der Waals surface area contributed by atoms with Crippen LogP contribution in [0.1, 0.15) is 47.0 Å². The van der Waals surface area contributed by atoms with Gasteiger partial charge in [0.05, 0.1) is 0 Å². The fourth-order valence-corrected chi connectivity index (χ4v) is 2.34. The van der Waals surface area contributed by atoms with E-state index in [1.807, 2.05) is 0 Å². The number of likely N-dealkylation sites (tertiary alicyclic amines) is 1. The van der Waals surface area contributed by atoms with Crippen molar-refractivity contribution >= 4 is 0 Å². The normalized spacial score (nSPS) is 27.0. The Labute approximate surface area is 77.1 Å². The van der Waals surface area contributed by atoms with E-state index in [0.717, 1.165) is 18.0 Å². The molecule has 0 radical (unpaired) electrons. The van der Waals surface area contributed by atoms with Gasteiger partial charge in [-0.05, 0) is 39.2 Å². The lowest BCUT2D eigenvalue weighted by atomic mass is 9.92. The van der Waals surface area contributed by atoms with Crippen LogP contribution in [0, 0.1) is 5.92 Å². The Bertz CT molecular complexity index is 113. The predicted molar refractivity (Wildman–Crippen MR) is 54.3 cm³/mol. The van der Waals surface area contributed by atoms with Crippen LogP contribution < -0.4 is 0 Å². The average Bonchev–Trinajstić information content (AvgIpc) is 2.04. The Hall–Kier alpha value is -0.0400. The van der Waals surface area contributed by atoms with Gasteiger partial charge < -0.3 is 0 Å². The van der Waals surface area contributed by atoms with Gasteiger partial charge in [-0.1, -0.05) is 20.3 Å². The van der Waals surface area contributed by atoms with Crippen LogP contribution in [0.3, 0.4) is 0 Å². The van der Waals surface area contributed by atoms with Crippen LogP contribution in [0.15, 0.2) is 0 Å².